The Balaban J connectivity index is 2.38. The number of para-hydroxylation sites is 1. The van der Waals surface area contributed by atoms with Gasteiger partial charge in [-0.15, -0.1) is 0 Å². The number of halogens is 1. The summed E-state index contributed by atoms with van der Waals surface area (Å²) in [5.74, 6) is 2.01. The molecule has 0 aliphatic carbocycles. The maximum absolute atomic E-state index is 9.55. The van der Waals surface area contributed by atoms with E-state index in [-0.39, 0.29) is 0 Å². The molecule has 0 aromatic heterocycles. The third kappa shape index (κ3) is 3.40. The first-order valence-corrected chi connectivity index (χ1v) is 6.81. The van der Waals surface area contributed by atoms with Crippen LogP contribution in [0.5, 0.6) is 23.0 Å². The zero-order chi connectivity index (χ0) is 15.4. The molecular weight excluding hydrogens is 292 g/mol. The smallest absolute Gasteiger partial charge is 0.211 e. The van der Waals surface area contributed by atoms with Gasteiger partial charge < -0.3 is 19.3 Å². The molecule has 0 fully saturated rings. The number of benzene rings is 2. The van der Waals surface area contributed by atoms with Crippen molar-refractivity contribution in [2.24, 2.45) is 0 Å². The molecule has 1 atom stereocenters. The highest BCUT2D eigenvalue weighted by atomic mass is 35.5. The average molecular weight is 309 g/mol. The van der Waals surface area contributed by atoms with E-state index in [0.29, 0.717) is 28.0 Å². The molecular formula is C16H17ClO4. The minimum absolute atomic E-state index is 0.404. The fourth-order valence-electron chi connectivity index (χ4n) is 1.89. The summed E-state index contributed by atoms with van der Waals surface area (Å²) in [5.41, 5.74) is 0.722. The van der Waals surface area contributed by atoms with Gasteiger partial charge in [0.1, 0.15) is 5.75 Å². The van der Waals surface area contributed by atoms with E-state index in [0.717, 1.165) is 5.56 Å². The van der Waals surface area contributed by atoms with E-state index in [4.69, 9.17) is 25.8 Å². The van der Waals surface area contributed by atoms with E-state index >= 15 is 0 Å². The molecule has 0 spiro atoms. The van der Waals surface area contributed by atoms with Crippen LogP contribution < -0.4 is 14.2 Å². The van der Waals surface area contributed by atoms with Gasteiger partial charge in [0.15, 0.2) is 11.5 Å². The van der Waals surface area contributed by atoms with Gasteiger partial charge in [-0.1, -0.05) is 23.7 Å². The summed E-state index contributed by atoms with van der Waals surface area (Å²) in [6, 6.07) is 10.5. The Morgan fingerprint density at radius 1 is 1.00 bits per heavy atom. The van der Waals surface area contributed by atoms with Crippen LogP contribution in [0.4, 0.5) is 0 Å². The average Bonchev–Trinajstić information content (AvgIpc) is 2.49. The molecule has 0 aliphatic heterocycles. The highest BCUT2D eigenvalue weighted by Gasteiger charge is 2.15. The zero-order valence-corrected chi connectivity index (χ0v) is 12.8. The molecule has 112 valence electrons. The Hall–Kier alpha value is -1.91. The van der Waals surface area contributed by atoms with Gasteiger partial charge in [-0.3, -0.25) is 0 Å². The molecule has 2 rings (SSSR count). The fraction of sp³-hybridized carbons (Fsp3) is 0.250. The molecule has 0 amide bonds. The van der Waals surface area contributed by atoms with Crippen molar-refractivity contribution in [3.63, 3.8) is 0 Å². The van der Waals surface area contributed by atoms with Gasteiger partial charge >= 0.3 is 0 Å². The van der Waals surface area contributed by atoms with Gasteiger partial charge in [-0.2, -0.15) is 0 Å². The standard InChI is InChI=1S/C16H17ClO4/c1-10(18)11-7-8-13(12(17)9-11)21-16-14(19-2)5-4-6-15(16)20-3/h4-10,18H,1-3H3/t10-/m0/s1. The van der Waals surface area contributed by atoms with Gasteiger partial charge in [-0.25, -0.2) is 0 Å². The molecule has 2 aromatic rings. The van der Waals surface area contributed by atoms with Crippen molar-refractivity contribution < 1.29 is 19.3 Å². The fourth-order valence-corrected chi connectivity index (χ4v) is 2.12. The van der Waals surface area contributed by atoms with Gasteiger partial charge in [0, 0.05) is 0 Å². The zero-order valence-electron chi connectivity index (χ0n) is 12.1. The van der Waals surface area contributed by atoms with Crippen molar-refractivity contribution in [3.05, 3.63) is 47.0 Å². The lowest BCUT2D eigenvalue weighted by atomic mass is 10.1. The van der Waals surface area contributed by atoms with E-state index in [1.165, 1.54) is 0 Å². The second-order valence-electron chi connectivity index (χ2n) is 4.46. The van der Waals surface area contributed by atoms with Crippen molar-refractivity contribution in [3.8, 4) is 23.0 Å². The van der Waals surface area contributed by atoms with Crippen LogP contribution in [-0.4, -0.2) is 19.3 Å². The van der Waals surface area contributed by atoms with E-state index in [1.807, 2.05) is 6.07 Å². The number of ether oxygens (including phenoxy) is 3. The van der Waals surface area contributed by atoms with E-state index in [9.17, 15) is 5.11 Å². The molecule has 0 saturated heterocycles. The van der Waals surface area contributed by atoms with Crippen LogP contribution in [0.25, 0.3) is 0 Å². The molecule has 0 heterocycles. The first kappa shape index (κ1) is 15.5. The molecule has 0 saturated carbocycles. The Morgan fingerprint density at radius 3 is 2.10 bits per heavy atom. The molecule has 21 heavy (non-hydrogen) atoms. The molecule has 4 nitrogen and oxygen atoms in total. The Kier molecular flexibility index (Phi) is 4.94. The molecule has 0 bridgehead atoms. The minimum Gasteiger partial charge on any atom is -0.493 e. The van der Waals surface area contributed by atoms with E-state index in [1.54, 1.807) is 51.5 Å². The third-order valence-corrected chi connectivity index (χ3v) is 3.33. The molecule has 0 aliphatic rings. The summed E-state index contributed by atoms with van der Waals surface area (Å²) >= 11 is 6.20. The van der Waals surface area contributed by atoms with Crippen LogP contribution in [0.2, 0.25) is 5.02 Å². The van der Waals surface area contributed by atoms with Gasteiger partial charge in [0.2, 0.25) is 5.75 Å². The monoisotopic (exact) mass is 308 g/mol. The van der Waals surface area contributed by atoms with E-state index in [2.05, 4.69) is 0 Å². The predicted molar refractivity (Wildman–Crippen MR) is 81.7 cm³/mol. The summed E-state index contributed by atoms with van der Waals surface area (Å²) in [5, 5.41) is 9.96. The van der Waals surface area contributed by atoms with Crippen molar-refractivity contribution in [2.75, 3.05) is 14.2 Å². The Bertz CT molecular complexity index is 603. The van der Waals surface area contributed by atoms with Crippen LogP contribution in [0.3, 0.4) is 0 Å². The lowest BCUT2D eigenvalue weighted by Gasteiger charge is -2.15. The number of aliphatic hydroxyl groups excluding tert-OH is 1. The van der Waals surface area contributed by atoms with Gasteiger partial charge in [0.25, 0.3) is 0 Å². The minimum atomic E-state index is -0.586. The van der Waals surface area contributed by atoms with Gasteiger partial charge in [0.05, 0.1) is 25.3 Å². The topological polar surface area (TPSA) is 47.9 Å². The Labute approximate surface area is 128 Å². The number of rotatable bonds is 5. The first-order valence-electron chi connectivity index (χ1n) is 6.43. The number of aliphatic hydroxyl groups is 1. The van der Waals surface area contributed by atoms with Crippen LogP contribution in [-0.2, 0) is 0 Å². The SMILES string of the molecule is COc1cccc(OC)c1Oc1ccc([C@H](C)O)cc1Cl. The molecule has 0 radical (unpaired) electrons. The lowest BCUT2D eigenvalue weighted by Crippen LogP contribution is -1.96. The quantitative estimate of drug-likeness (QED) is 0.899. The largest absolute Gasteiger partial charge is 0.493 e. The molecule has 1 N–H and O–H groups in total. The van der Waals surface area contributed by atoms with Crippen molar-refractivity contribution in [2.45, 2.75) is 13.0 Å². The first-order chi connectivity index (χ1) is 10.1. The van der Waals surface area contributed by atoms with Crippen LogP contribution in [0.15, 0.2) is 36.4 Å². The van der Waals surface area contributed by atoms with Crippen LogP contribution in [0.1, 0.15) is 18.6 Å². The molecule has 5 heteroatoms. The maximum Gasteiger partial charge on any atom is 0.211 e. The van der Waals surface area contributed by atoms with Crippen molar-refractivity contribution in [1.29, 1.82) is 0 Å². The summed E-state index contributed by atoms with van der Waals surface area (Å²) in [7, 11) is 3.11. The van der Waals surface area contributed by atoms with Crippen LogP contribution in [0, 0.1) is 0 Å². The van der Waals surface area contributed by atoms with Crippen LogP contribution >= 0.6 is 11.6 Å². The lowest BCUT2D eigenvalue weighted by molar-refractivity contribution is 0.199. The highest BCUT2D eigenvalue weighted by Crippen LogP contribution is 2.42. The van der Waals surface area contributed by atoms with E-state index < -0.39 is 6.10 Å². The van der Waals surface area contributed by atoms with Gasteiger partial charge in [-0.05, 0) is 36.8 Å². The highest BCUT2D eigenvalue weighted by molar-refractivity contribution is 6.32. The normalized spacial score (nSPS) is 11.9. The summed E-state index contributed by atoms with van der Waals surface area (Å²) in [4.78, 5) is 0. The summed E-state index contributed by atoms with van der Waals surface area (Å²) < 4.78 is 16.4. The summed E-state index contributed by atoms with van der Waals surface area (Å²) in [6.45, 7) is 1.68. The second-order valence-corrected chi connectivity index (χ2v) is 4.87. The third-order valence-electron chi connectivity index (χ3n) is 3.03. The predicted octanol–water partition coefficient (Wildman–Crippen LogP) is 4.20. The maximum atomic E-state index is 9.55. The molecule has 2 aromatic carbocycles. The number of methoxy groups -OCH3 is 2. The number of hydrogen-bond acceptors (Lipinski definition) is 4. The molecule has 0 unspecified atom stereocenters. The van der Waals surface area contributed by atoms with Crippen molar-refractivity contribution >= 4 is 11.6 Å². The Morgan fingerprint density at radius 2 is 1.62 bits per heavy atom. The van der Waals surface area contributed by atoms with Crippen molar-refractivity contribution in [1.82, 2.24) is 0 Å². The second kappa shape index (κ2) is 6.70. The number of hydrogen-bond donors (Lipinski definition) is 1. The summed E-state index contributed by atoms with van der Waals surface area (Å²) in [6.07, 6.45) is -0.586.